The van der Waals surface area contributed by atoms with Crippen molar-refractivity contribution in [3.05, 3.63) is 18.2 Å². The molecule has 0 N–H and O–H groups in total. The topological polar surface area (TPSA) is 8.81 Å². The minimum Gasteiger partial charge on any atom is -0.234 e. The summed E-state index contributed by atoms with van der Waals surface area (Å²) in [5, 5.41) is 0. The summed E-state index contributed by atoms with van der Waals surface area (Å²) in [5.41, 5.74) is 0. The molecule has 2 heteroatoms. The van der Waals surface area contributed by atoms with Gasteiger partial charge in [-0.2, -0.15) is 0 Å². The van der Waals surface area contributed by atoms with Crippen LogP contribution >= 0.6 is 0 Å². The molecule has 0 aliphatic carbocycles. The SMILES string of the molecule is CCCCCCCCCCCCC[n+]1ccn(CCCCCCCCCCCC)c1CCCCCCCCCCCC. The van der Waals surface area contributed by atoms with Crippen molar-refractivity contribution < 1.29 is 4.57 Å². The molecule has 1 rings (SSSR count). The molecule has 0 amide bonds. The third-order valence-corrected chi connectivity index (χ3v) is 9.60. The van der Waals surface area contributed by atoms with Gasteiger partial charge in [0.2, 0.25) is 0 Å². The van der Waals surface area contributed by atoms with Crippen LogP contribution in [-0.2, 0) is 19.5 Å². The van der Waals surface area contributed by atoms with Gasteiger partial charge in [-0.25, -0.2) is 9.13 Å². The fourth-order valence-electron chi connectivity index (χ4n) is 6.68. The minimum absolute atomic E-state index is 1.23. The molecule has 1 aromatic heterocycles. The molecule has 0 aliphatic rings. The summed E-state index contributed by atoms with van der Waals surface area (Å²) < 4.78 is 5.27. The number of rotatable bonds is 34. The van der Waals surface area contributed by atoms with E-state index < -0.39 is 0 Å². The first-order valence-electron chi connectivity index (χ1n) is 19.9. The number of hydrogen-bond acceptors (Lipinski definition) is 0. The van der Waals surface area contributed by atoms with Gasteiger partial charge in [-0.05, 0) is 32.1 Å². The van der Waals surface area contributed by atoms with Gasteiger partial charge in [0.15, 0.2) is 0 Å². The van der Waals surface area contributed by atoms with Gasteiger partial charge < -0.3 is 0 Å². The zero-order valence-electron chi connectivity index (χ0n) is 29.6. The number of nitrogens with zero attached hydrogens (tertiary/aromatic N) is 2. The van der Waals surface area contributed by atoms with Gasteiger partial charge in [0.05, 0.1) is 13.1 Å². The number of hydrogen-bond donors (Lipinski definition) is 0. The second-order valence-corrected chi connectivity index (χ2v) is 13.8. The third-order valence-electron chi connectivity index (χ3n) is 9.60. The highest BCUT2D eigenvalue weighted by Crippen LogP contribution is 2.15. The predicted molar refractivity (Wildman–Crippen MR) is 188 cm³/mol. The van der Waals surface area contributed by atoms with Crippen LogP contribution in [0, 0.1) is 0 Å². The summed E-state index contributed by atoms with van der Waals surface area (Å²) in [6.45, 7) is 9.40. The molecular weight excluding hydrogens is 508 g/mol. The van der Waals surface area contributed by atoms with Crippen molar-refractivity contribution in [2.45, 2.75) is 239 Å². The van der Waals surface area contributed by atoms with Crippen molar-refractivity contribution in [3.8, 4) is 0 Å². The largest absolute Gasteiger partial charge is 0.256 e. The van der Waals surface area contributed by atoms with Crippen LogP contribution in [0.1, 0.15) is 226 Å². The fourth-order valence-corrected chi connectivity index (χ4v) is 6.68. The van der Waals surface area contributed by atoms with Gasteiger partial charge in [-0.1, -0.05) is 188 Å². The lowest BCUT2D eigenvalue weighted by molar-refractivity contribution is -0.704. The third kappa shape index (κ3) is 23.6. The van der Waals surface area contributed by atoms with E-state index in [9.17, 15) is 0 Å². The molecule has 0 aromatic carbocycles. The molecule has 0 bridgehead atoms. The monoisotopic (exact) mass is 588 g/mol. The molecule has 248 valence electrons. The second-order valence-electron chi connectivity index (χ2n) is 13.8. The number of aryl methyl sites for hydroxylation is 2. The molecule has 0 saturated carbocycles. The van der Waals surface area contributed by atoms with E-state index in [-0.39, 0.29) is 0 Å². The normalized spacial score (nSPS) is 11.6. The Balaban J connectivity index is 2.32. The highest BCUT2D eigenvalue weighted by Gasteiger charge is 2.16. The van der Waals surface area contributed by atoms with Gasteiger partial charge in [0.25, 0.3) is 5.82 Å². The lowest BCUT2D eigenvalue weighted by Gasteiger charge is -2.07. The van der Waals surface area contributed by atoms with E-state index in [1.807, 2.05) is 0 Å². The van der Waals surface area contributed by atoms with Crippen LogP contribution in [0.15, 0.2) is 12.4 Å². The van der Waals surface area contributed by atoms with E-state index in [0.717, 1.165) is 0 Å². The lowest BCUT2D eigenvalue weighted by Crippen LogP contribution is -2.37. The van der Waals surface area contributed by atoms with Crippen LogP contribution in [0.2, 0.25) is 0 Å². The maximum atomic E-state index is 2.64. The molecule has 0 saturated heterocycles. The van der Waals surface area contributed by atoms with Crippen LogP contribution < -0.4 is 4.57 Å². The van der Waals surface area contributed by atoms with Crippen molar-refractivity contribution in [3.63, 3.8) is 0 Å². The zero-order valence-corrected chi connectivity index (χ0v) is 29.6. The van der Waals surface area contributed by atoms with Crippen LogP contribution in [0.25, 0.3) is 0 Å². The molecule has 0 atom stereocenters. The standard InChI is InChI=1S/C40H79N2/c1-4-7-10-13-16-19-22-25-28-31-34-37-42-39-38-41(36-33-30-27-24-21-18-15-12-9-6-3)40(42)35-32-29-26-23-20-17-14-11-8-5-2/h38-39H,4-37H2,1-3H3/q+1. The van der Waals surface area contributed by atoms with E-state index in [2.05, 4.69) is 42.3 Å². The fraction of sp³-hybridized carbons (Fsp3) is 0.925. The van der Waals surface area contributed by atoms with Crippen molar-refractivity contribution in [2.24, 2.45) is 0 Å². The molecule has 0 aliphatic heterocycles. The first-order chi connectivity index (χ1) is 20.8. The van der Waals surface area contributed by atoms with Crippen LogP contribution in [0.4, 0.5) is 0 Å². The Morgan fingerprint density at radius 3 is 1.14 bits per heavy atom. The maximum absolute atomic E-state index is 2.64. The molecule has 1 aromatic rings. The van der Waals surface area contributed by atoms with Crippen LogP contribution in [0.5, 0.6) is 0 Å². The summed E-state index contributed by atoms with van der Waals surface area (Å²) in [6.07, 6.45) is 50.4. The number of aromatic nitrogens is 2. The smallest absolute Gasteiger partial charge is 0.234 e. The van der Waals surface area contributed by atoms with E-state index in [1.54, 1.807) is 5.82 Å². The molecule has 1 heterocycles. The van der Waals surface area contributed by atoms with Crippen molar-refractivity contribution in [1.82, 2.24) is 4.57 Å². The Kier molecular flexibility index (Phi) is 29.5. The summed E-state index contributed by atoms with van der Waals surface area (Å²) in [5.74, 6) is 1.62. The molecule has 2 nitrogen and oxygen atoms in total. The number of unbranched alkanes of at least 4 members (excludes halogenated alkanes) is 28. The maximum Gasteiger partial charge on any atom is 0.256 e. The van der Waals surface area contributed by atoms with Gasteiger partial charge in [0, 0.05) is 6.42 Å². The quantitative estimate of drug-likeness (QED) is 0.0560. The van der Waals surface area contributed by atoms with Crippen molar-refractivity contribution in [1.29, 1.82) is 0 Å². The molecule has 0 radical (unpaired) electrons. The van der Waals surface area contributed by atoms with Crippen LogP contribution in [0.3, 0.4) is 0 Å². The Hall–Kier alpha value is -0.790. The first-order valence-corrected chi connectivity index (χ1v) is 19.9. The number of imidazole rings is 1. The summed E-state index contributed by atoms with van der Waals surface area (Å²) in [4.78, 5) is 0. The van der Waals surface area contributed by atoms with Crippen molar-refractivity contribution in [2.75, 3.05) is 0 Å². The van der Waals surface area contributed by atoms with Gasteiger partial charge in [-0.3, -0.25) is 0 Å². The molecule has 0 unspecified atom stereocenters. The Labute approximate surface area is 266 Å². The van der Waals surface area contributed by atoms with Gasteiger partial charge in [-0.15, -0.1) is 0 Å². The van der Waals surface area contributed by atoms with E-state index in [0.29, 0.717) is 0 Å². The first kappa shape index (κ1) is 39.2. The lowest BCUT2D eigenvalue weighted by atomic mass is 10.1. The second kappa shape index (κ2) is 31.6. The molecule has 0 spiro atoms. The minimum atomic E-state index is 1.23. The highest BCUT2D eigenvalue weighted by atomic mass is 15.1. The average molecular weight is 588 g/mol. The van der Waals surface area contributed by atoms with E-state index in [4.69, 9.17) is 0 Å². The summed E-state index contributed by atoms with van der Waals surface area (Å²) in [7, 11) is 0. The Morgan fingerprint density at radius 2 is 0.738 bits per heavy atom. The highest BCUT2D eigenvalue weighted by molar-refractivity contribution is 4.84. The molecule has 0 fully saturated rings. The summed E-state index contributed by atoms with van der Waals surface area (Å²) >= 11 is 0. The average Bonchev–Trinajstić information content (AvgIpc) is 3.38. The van der Waals surface area contributed by atoms with E-state index in [1.165, 1.54) is 219 Å². The van der Waals surface area contributed by atoms with Crippen LogP contribution in [-0.4, -0.2) is 4.57 Å². The van der Waals surface area contributed by atoms with E-state index >= 15 is 0 Å². The summed E-state index contributed by atoms with van der Waals surface area (Å²) in [6, 6.07) is 0. The van der Waals surface area contributed by atoms with Gasteiger partial charge in [0.1, 0.15) is 12.4 Å². The predicted octanol–water partition coefficient (Wildman–Crippen LogP) is 13.5. The van der Waals surface area contributed by atoms with Gasteiger partial charge >= 0.3 is 0 Å². The Bertz CT molecular complexity index is 648. The molecular formula is C40H79N2+. The zero-order chi connectivity index (χ0) is 30.2. The molecule has 42 heavy (non-hydrogen) atoms. The Morgan fingerprint density at radius 1 is 0.405 bits per heavy atom. The van der Waals surface area contributed by atoms with Crippen molar-refractivity contribution >= 4 is 0 Å².